The van der Waals surface area contributed by atoms with Gasteiger partial charge in [0.05, 0.1) is 25.7 Å². The van der Waals surface area contributed by atoms with Crippen LogP contribution < -0.4 is 0 Å². The normalized spacial score (nSPS) is 11.7. The Bertz CT molecular complexity index is 436. The Balaban J connectivity index is 2.73. The maximum atomic E-state index is 11.5. The highest BCUT2D eigenvalue weighted by Gasteiger charge is 2.17. The third-order valence-electron chi connectivity index (χ3n) is 2.25. The molecule has 0 amide bonds. The molecule has 0 aromatic carbocycles. The largest absolute Gasteiger partial charge is 0.469 e. The summed E-state index contributed by atoms with van der Waals surface area (Å²) in [5, 5.41) is 0.556. The molecule has 0 radical (unpaired) electrons. The van der Waals surface area contributed by atoms with Gasteiger partial charge in [0.15, 0.2) is 0 Å². The highest BCUT2D eigenvalue weighted by Crippen LogP contribution is 2.23. The molecular formula is C12H15NO4S. The molecule has 1 heterocycles. The van der Waals surface area contributed by atoms with Gasteiger partial charge in [0.1, 0.15) is 5.03 Å². The van der Waals surface area contributed by atoms with Gasteiger partial charge in [-0.25, -0.2) is 9.78 Å². The van der Waals surface area contributed by atoms with E-state index in [-0.39, 0.29) is 11.9 Å². The first-order valence-electron chi connectivity index (χ1n) is 5.34. The number of methoxy groups -OCH3 is 2. The van der Waals surface area contributed by atoms with Crippen molar-refractivity contribution in [1.82, 2.24) is 4.98 Å². The summed E-state index contributed by atoms with van der Waals surface area (Å²) in [4.78, 5) is 26.9. The van der Waals surface area contributed by atoms with E-state index in [4.69, 9.17) is 0 Å². The van der Waals surface area contributed by atoms with Crippen LogP contribution in [0.25, 0.3) is 0 Å². The number of esters is 2. The number of thioether (sulfide) groups is 1. The van der Waals surface area contributed by atoms with Gasteiger partial charge in [-0.2, -0.15) is 0 Å². The first-order chi connectivity index (χ1) is 8.60. The van der Waals surface area contributed by atoms with Crippen molar-refractivity contribution in [3.8, 4) is 0 Å². The molecule has 1 aromatic rings. The van der Waals surface area contributed by atoms with Gasteiger partial charge in [-0.15, -0.1) is 11.8 Å². The smallest absolute Gasteiger partial charge is 0.340 e. The van der Waals surface area contributed by atoms with Crippen LogP contribution in [0.4, 0.5) is 0 Å². The van der Waals surface area contributed by atoms with Crippen molar-refractivity contribution < 1.29 is 19.1 Å². The predicted octanol–water partition coefficient (Wildman–Crippen LogP) is 1.77. The van der Waals surface area contributed by atoms with E-state index < -0.39 is 5.97 Å². The van der Waals surface area contributed by atoms with Gasteiger partial charge in [0.2, 0.25) is 0 Å². The van der Waals surface area contributed by atoms with E-state index in [0.29, 0.717) is 16.3 Å². The van der Waals surface area contributed by atoms with Crippen LogP contribution in [0.2, 0.25) is 0 Å². The lowest BCUT2D eigenvalue weighted by molar-refractivity contribution is -0.143. The van der Waals surface area contributed by atoms with Crippen molar-refractivity contribution in [2.24, 2.45) is 5.92 Å². The number of pyridine rings is 1. The monoisotopic (exact) mass is 269 g/mol. The Labute approximate surface area is 110 Å². The highest BCUT2D eigenvalue weighted by molar-refractivity contribution is 7.99. The number of hydrogen-bond acceptors (Lipinski definition) is 6. The molecule has 1 unspecified atom stereocenters. The van der Waals surface area contributed by atoms with Crippen molar-refractivity contribution in [2.75, 3.05) is 20.0 Å². The van der Waals surface area contributed by atoms with Gasteiger partial charge in [-0.3, -0.25) is 4.79 Å². The first kappa shape index (κ1) is 14.5. The minimum atomic E-state index is -0.434. The molecule has 0 aliphatic carbocycles. The van der Waals surface area contributed by atoms with Crippen molar-refractivity contribution in [3.63, 3.8) is 0 Å². The van der Waals surface area contributed by atoms with Crippen LogP contribution in [-0.4, -0.2) is 36.9 Å². The molecule has 6 heteroatoms. The zero-order valence-electron chi connectivity index (χ0n) is 10.5. The van der Waals surface area contributed by atoms with E-state index in [1.807, 2.05) is 0 Å². The number of aromatic nitrogens is 1. The zero-order chi connectivity index (χ0) is 13.5. The highest BCUT2D eigenvalue weighted by atomic mass is 32.2. The zero-order valence-corrected chi connectivity index (χ0v) is 11.3. The van der Waals surface area contributed by atoms with E-state index in [9.17, 15) is 9.59 Å². The van der Waals surface area contributed by atoms with Crippen molar-refractivity contribution in [3.05, 3.63) is 23.9 Å². The van der Waals surface area contributed by atoms with Gasteiger partial charge in [-0.05, 0) is 12.1 Å². The van der Waals surface area contributed by atoms with E-state index in [0.717, 1.165) is 0 Å². The van der Waals surface area contributed by atoms with Crippen LogP contribution in [-0.2, 0) is 14.3 Å². The van der Waals surface area contributed by atoms with E-state index in [1.54, 1.807) is 25.3 Å². The molecule has 0 spiro atoms. The second-order valence-electron chi connectivity index (χ2n) is 3.58. The summed E-state index contributed by atoms with van der Waals surface area (Å²) in [6, 6.07) is 3.31. The fraction of sp³-hybridized carbons (Fsp3) is 0.417. The molecule has 98 valence electrons. The average Bonchev–Trinajstić information content (AvgIpc) is 2.43. The maximum absolute atomic E-state index is 11.5. The van der Waals surface area contributed by atoms with Crippen LogP contribution in [0.3, 0.4) is 0 Å². The number of hydrogen-bond donors (Lipinski definition) is 0. The van der Waals surface area contributed by atoms with Gasteiger partial charge >= 0.3 is 11.9 Å². The second kappa shape index (κ2) is 7.00. The van der Waals surface area contributed by atoms with Crippen LogP contribution in [0.15, 0.2) is 23.4 Å². The molecule has 1 aromatic heterocycles. The van der Waals surface area contributed by atoms with Gasteiger partial charge in [0.25, 0.3) is 0 Å². The molecular weight excluding hydrogens is 254 g/mol. The van der Waals surface area contributed by atoms with Crippen molar-refractivity contribution in [2.45, 2.75) is 11.9 Å². The van der Waals surface area contributed by atoms with Crippen LogP contribution in [0, 0.1) is 5.92 Å². The fourth-order valence-electron chi connectivity index (χ4n) is 1.24. The molecule has 0 N–H and O–H groups in total. The molecule has 0 aliphatic rings. The molecule has 0 bridgehead atoms. The quantitative estimate of drug-likeness (QED) is 0.599. The summed E-state index contributed by atoms with van der Waals surface area (Å²) in [5.41, 5.74) is 0.405. The standard InChI is InChI=1S/C12H15NO4S/c1-8(11(14)16-2)7-18-10-9(12(15)17-3)5-4-6-13-10/h4-6,8H,7H2,1-3H3. The summed E-state index contributed by atoms with van der Waals surface area (Å²) >= 11 is 1.33. The summed E-state index contributed by atoms with van der Waals surface area (Å²) in [7, 11) is 2.67. The van der Waals surface area contributed by atoms with E-state index in [2.05, 4.69) is 14.5 Å². The predicted molar refractivity (Wildman–Crippen MR) is 67.5 cm³/mol. The maximum Gasteiger partial charge on any atom is 0.340 e. The lowest BCUT2D eigenvalue weighted by atomic mass is 10.2. The topological polar surface area (TPSA) is 65.5 Å². The summed E-state index contributed by atoms with van der Waals surface area (Å²) in [6.45, 7) is 1.76. The Morgan fingerprint density at radius 2 is 2.11 bits per heavy atom. The summed E-state index contributed by atoms with van der Waals surface area (Å²) < 4.78 is 9.30. The lowest BCUT2D eigenvalue weighted by Gasteiger charge is -2.09. The molecule has 0 fully saturated rings. The third kappa shape index (κ3) is 3.73. The molecule has 5 nitrogen and oxygen atoms in total. The number of nitrogens with zero attached hydrogens (tertiary/aromatic N) is 1. The minimum absolute atomic E-state index is 0.257. The molecule has 0 aliphatic heterocycles. The van der Waals surface area contributed by atoms with E-state index >= 15 is 0 Å². The molecule has 1 atom stereocenters. The summed E-state index contributed by atoms with van der Waals surface area (Å²) in [6.07, 6.45) is 1.59. The van der Waals surface area contributed by atoms with Crippen LogP contribution >= 0.6 is 11.8 Å². The van der Waals surface area contributed by atoms with Gasteiger partial charge in [-0.1, -0.05) is 6.92 Å². The Kier molecular flexibility index (Phi) is 5.64. The second-order valence-corrected chi connectivity index (χ2v) is 4.59. The Morgan fingerprint density at radius 1 is 1.39 bits per heavy atom. The summed E-state index contributed by atoms with van der Waals surface area (Å²) in [5.74, 6) is -0.477. The number of carbonyl (C=O) groups excluding carboxylic acids is 2. The average molecular weight is 269 g/mol. The minimum Gasteiger partial charge on any atom is -0.469 e. The lowest BCUT2D eigenvalue weighted by Crippen LogP contribution is -2.15. The SMILES string of the molecule is COC(=O)c1cccnc1SCC(C)C(=O)OC. The van der Waals surface area contributed by atoms with Crippen molar-refractivity contribution in [1.29, 1.82) is 0 Å². The first-order valence-corrected chi connectivity index (χ1v) is 6.32. The Morgan fingerprint density at radius 3 is 2.72 bits per heavy atom. The van der Waals surface area contributed by atoms with Crippen LogP contribution in [0.1, 0.15) is 17.3 Å². The van der Waals surface area contributed by atoms with E-state index in [1.165, 1.54) is 26.0 Å². The number of carbonyl (C=O) groups is 2. The molecule has 0 saturated heterocycles. The molecule has 18 heavy (non-hydrogen) atoms. The molecule has 0 saturated carbocycles. The number of rotatable bonds is 5. The molecule has 1 rings (SSSR count). The Hall–Kier alpha value is -1.56. The third-order valence-corrected chi connectivity index (χ3v) is 3.52. The van der Waals surface area contributed by atoms with Crippen LogP contribution in [0.5, 0.6) is 0 Å². The van der Waals surface area contributed by atoms with Gasteiger partial charge < -0.3 is 9.47 Å². The number of ether oxygens (including phenoxy) is 2. The van der Waals surface area contributed by atoms with Gasteiger partial charge in [0, 0.05) is 11.9 Å². The van der Waals surface area contributed by atoms with Crippen molar-refractivity contribution >= 4 is 23.7 Å². The fourth-order valence-corrected chi connectivity index (χ4v) is 2.23.